The number of nitrogens with zero attached hydrogens (tertiary/aromatic N) is 1. The Morgan fingerprint density at radius 3 is 1.95 bits per heavy atom. The Morgan fingerprint density at radius 2 is 1.65 bits per heavy atom. The van der Waals surface area contributed by atoms with Gasteiger partial charge in [-0.2, -0.15) is 21.6 Å². The number of hydrogen-bond donors (Lipinski definition) is 1. The minimum atomic E-state index is -5.84. The third-order valence-corrected chi connectivity index (χ3v) is 4.00. The van der Waals surface area contributed by atoms with Crippen molar-refractivity contribution in [3.63, 3.8) is 0 Å². The first-order valence-electron chi connectivity index (χ1n) is 6.87. The molecular weight excluding hydrogens is 295 g/mol. The van der Waals surface area contributed by atoms with Gasteiger partial charge in [-0.1, -0.05) is 33.1 Å². The first-order chi connectivity index (χ1) is 9.11. The van der Waals surface area contributed by atoms with Gasteiger partial charge in [0.15, 0.2) is 0 Å². The van der Waals surface area contributed by atoms with Crippen molar-refractivity contribution in [1.29, 1.82) is 0 Å². The van der Waals surface area contributed by atoms with Crippen LogP contribution in [0.15, 0.2) is 0 Å². The molecule has 8 heteroatoms. The zero-order chi connectivity index (χ0) is 15.8. The fourth-order valence-corrected chi connectivity index (χ4v) is 2.08. The number of hydrogen-bond acceptors (Lipinski definition) is 3. The lowest BCUT2D eigenvalue weighted by Crippen LogP contribution is -2.33. The number of unbranched alkanes of at least 4 members (excludes halogenated alkanes) is 1. The van der Waals surface area contributed by atoms with E-state index in [0.29, 0.717) is 0 Å². The van der Waals surface area contributed by atoms with Crippen LogP contribution in [0.4, 0.5) is 13.2 Å². The third kappa shape index (κ3) is 8.06. The van der Waals surface area contributed by atoms with E-state index in [2.05, 4.69) is 18.7 Å². The topological polar surface area (TPSA) is 57.6 Å². The van der Waals surface area contributed by atoms with E-state index in [1.807, 2.05) is 0 Å². The lowest BCUT2D eigenvalue weighted by atomic mass is 9.92. The summed E-state index contributed by atoms with van der Waals surface area (Å²) in [4.78, 5) is 2.57. The van der Waals surface area contributed by atoms with Gasteiger partial charge < -0.3 is 4.90 Å². The molecule has 0 atom stereocenters. The molecule has 0 spiro atoms. The fraction of sp³-hybridized carbons (Fsp3) is 1.00. The van der Waals surface area contributed by atoms with Gasteiger partial charge in [0.1, 0.15) is 0 Å². The van der Waals surface area contributed by atoms with Crippen molar-refractivity contribution in [2.75, 3.05) is 19.6 Å². The van der Waals surface area contributed by atoms with Crippen molar-refractivity contribution in [3.8, 4) is 0 Å². The van der Waals surface area contributed by atoms with Crippen molar-refractivity contribution in [3.05, 3.63) is 0 Å². The van der Waals surface area contributed by atoms with Gasteiger partial charge in [0.25, 0.3) is 0 Å². The maximum absolute atomic E-state index is 10.7. The minimum absolute atomic E-state index is 1.05. The highest BCUT2D eigenvalue weighted by molar-refractivity contribution is 7.86. The Morgan fingerprint density at radius 1 is 1.20 bits per heavy atom. The molecule has 0 aromatic heterocycles. The Balaban J connectivity index is 0.000000396. The number of alkyl halides is 3. The van der Waals surface area contributed by atoms with Gasteiger partial charge in [-0.05, 0) is 38.4 Å². The van der Waals surface area contributed by atoms with E-state index in [1.165, 1.54) is 51.7 Å². The SMILES string of the molecule is CCCCC1CCN(CC)CC1.O=S(=O)(O)C(F)(F)F. The Bertz CT molecular complexity index is 349. The van der Waals surface area contributed by atoms with Crippen molar-refractivity contribution in [1.82, 2.24) is 4.90 Å². The van der Waals surface area contributed by atoms with Crippen LogP contribution in [-0.2, 0) is 10.1 Å². The summed E-state index contributed by atoms with van der Waals surface area (Å²) >= 11 is 0. The summed E-state index contributed by atoms with van der Waals surface area (Å²) in [7, 11) is -5.84. The van der Waals surface area contributed by atoms with Crippen molar-refractivity contribution >= 4 is 10.1 Å². The van der Waals surface area contributed by atoms with E-state index in [1.54, 1.807) is 0 Å². The van der Waals surface area contributed by atoms with Crippen LogP contribution in [-0.4, -0.2) is 43.0 Å². The van der Waals surface area contributed by atoms with Gasteiger partial charge in [-0.3, -0.25) is 4.55 Å². The number of piperidine rings is 1. The van der Waals surface area contributed by atoms with E-state index < -0.39 is 15.6 Å². The van der Waals surface area contributed by atoms with Crippen LogP contribution in [0.3, 0.4) is 0 Å². The zero-order valence-corrected chi connectivity index (χ0v) is 12.8. The molecule has 0 aliphatic carbocycles. The molecule has 1 heterocycles. The van der Waals surface area contributed by atoms with E-state index in [-0.39, 0.29) is 0 Å². The number of rotatable bonds is 4. The van der Waals surface area contributed by atoms with Crippen LogP contribution >= 0.6 is 0 Å². The molecule has 0 unspecified atom stereocenters. The molecule has 0 aromatic carbocycles. The average Bonchev–Trinajstić information content (AvgIpc) is 2.35. The molecule has 0 aromatic rings. The largest absolute Gasteiger partial charge is 0.522 e. The summed E-state index contributed by atoms with van der Waals surface area (Å²) in [5.41, 5.74) is -5.53. The minimum Gasteiger partial charge on any atom is -0.304 e. The van der Waals surface area contributed by atoms with E-state index in [0.717, 1.165) is 5.92 Å². The van der Waals surface area contributed by atoms with Gasteiger partial charge in [0, 0.05) is 0 Å². The van der Waals surface area contributed by atoms with Crippen molar-refractivity contribution in [2.24, 2.45) is 5.92 Å². The molecule has 0 saturated carbocycles. The maximum atomic E-state index is 10.7. The zero-order valence-electron chi connectivity index (χ0n) is 12.0. The molecule has 4 nitrogen and oxygen atoms in total. The lowest BCUT2D eigenvalue weighted by molar-refractivity contribution is -0.0510. The predicted molar refractivity (Wildman–Crippen MR) is 72.0 cm³/mol. The Hall–Kier alpha value is -0.340. The molecule has 1 saturated heterocycles. The van der Waals surface area contributed by atoms with Crippen LogP contribution in [0.2, 0.25) is 0 Å². The molecule has 122 valence electrons. The number of likely N-dealkylation sites (tertiary alicyclic amines) is 1. The summed E-state index contributed by atoms with van der Waals surface area (Å²) in [6.45, 7) is 8.52. The van der Waals surface area contributed by atoms with Gasteiger partial charge in [-0.25, -0.2) is 0 Å². The summed E-state index contributed by atoms with van der Waals surface area (Å²) in [6.07, 6.45) is 7.19. The maximum Gasteiger partial charge on any atom is 0.522 e. The Kier molecular flexibility index (Phi) is 8.69. The highest BCUT2D eigenvalue weighted by Gasteiger charge is 2.44. The van der Waals surface area contributed by atoms with Crippen molar-refractivity contribution in [2.45, 2.75) is 51.5 Å². The molecule has 1 N–H and O–H groups in total. The molecule has 0 amide bonds. The first-order valence-corrected chi connectivity index (χ1v) is 8.31. The van der Waals surface area contributed by atoms with Crippen molar-refractivity contribution < 1.29 is 26.1 Å². The van der Waals surface area contributed by atoms with Gasteiger partial charge >= 0.3 is 15.6 Å². The van der Waals surface area contributed by atoms with Crippen LogP contribution in [0, 0.1) is 5.92 Å². The van der Waals surface area contributed by atoms with E-state index in [4.69, 9.17) is 13.0 Å². The standard InChI is InChI=1S/C11H23N.CHF3O3S/c1-3-5-6-11-7-9-12(4-2)10-8-11;2-1(3,4)8(5,6)7/h11H,3-10H2,1-2H3;(H,5,6,7). The lowest BCUT2D eigenvalue weighted by Gasteiger charge is -2.30. The summed E-state index contributed by atoms with van der Waals surface area (Å²) < 4.78 is 57.5. The molecule has 1 aliphatic rings. The van der Waals surface area contributed by atoms with E-state index in [9.17, 15) is 13.2 Å². The van der Waals surface area contributed by atoms with Crippen LogP contribution in [0.5, 0.6) is 0 Å². The third-order valence-electron chi connectivity index (χ3n) is 3.41. The molecule has 0 radical (unpaired) electrons. The van der Waals surface area contributed by atoms with E-state index >= 15 is 0 Å². The molecule has 1 fully saturated rings. The second kappa shape index (κ2) is 8.84. The summed E-state index contributed by atoms with van der Waals surface area (Å²) in [5.74, 6) is 1.05. The second-order valence-electron chi connectivity index (χ2n) is 4.94. The van der Waals surface area contributed by atoms with Gasteiger partial charge in [-0.15, -0.1) is 0 Å². The predicted octanol–water partition coefficient (Wildman–Crippen LogP) is 3.30. The summed E-state index contributed by atoms with van der Waals surface area (Å²) in [6, 6.07) is 0. The highest BCUT2D eigenvalue weighted by atomic mass is 32.2. The molecular formula is C12H24F3NO3S. The summed E-state index contributed by atoms with van der Waals surface area (Å²) in [5, 5.41) is 0. The van der Waals surface area contributed by atoms with Gasteiger partial charge in [0.05, 0.1) is 0 Å². The monoisotopic (exact) mass is 319 g/mol. The van der Waals surface area contributed by atoms with Crippen LogP contribution in [0.1, 0.15) is 46.0 Å². The van der Waals surface area contributed by atoms with Crippen LogP contribution in [0.25, 0.3) is 0 Å². The molecule has 0 bridgehead atoms. The number of halogens is 3. The average molecular weight is 319 g/mol. The first kappa shape index (κ1) is 19.7. The normalized spacial score (nSPS) is 18.5. The molecule has 1 rings (SSSR count). The van der Waals surface area contributed by atoms with Crippen LogP contribution < -0.4 is 0 Å². The van der Waals surface area contributed by atoms with Gasteiger partial charge in [0.2, 0.25) is 0 Å². The smallest absolute Gasteiger partial charge is 0.304 e. The second-order valence-corrected chi connectivity index (χ2v) is 6.35. The molecule has 1 aliphatic heterocycles. The quantitative estimate of drug-likeness (QED) is 0.638. The fourth-order valence-electron chi connectivity index (χ4n) is 2.08. The molecule has 20 heavy (non-hydrogen) atoms. The highest BCUT2D eigenvalue weighted by Crippen LogP contribution is 2.22. The Labute approximate surface area is 119 Å².